The lowest BCUT2D eigenvalue weighted by Crippen LogP contribution is -2.50. The molecule has 0 saturated carbocycles. The van der Waals surface area contributed by atoms with Gasteiger partial charge in [-0.2, -0.15) is 17.5 Å². The van der Waals surface area contributed by atoms with Gasteiger partial charge in [0, 0.05) is 32.7 Å². The molecule has 0 unspecified atom stereocenters. The molecule has 1 fully saturated rings. The molecule has 2 N–H and O–H groups in total. The molecule has 188 valence electrons. The summed E-state index contributed by atoms with van der Waals surface area (Å²) in [5.74, 6) is -2.87. The Morgan fingerprint density at radius 1 is 1.12 bits per heavy atom. The summed E-state index contributed by atoms with van der Waals surface area (Å²) in [5.41, 5.74) is 1.99. The fourth-order valence-corrected chi connectivity index (χ4v) is 4.52. The first-order valence-corrected chi connectivity index (χ1v) is 12.1. The second-order valence-corrected chi connectivity index (χ2v) is 9.66. The Morgan fingerprint density at radius 3 is 2.18 bits per heavy atom. The molecule has 0 radical (unpaired) electrons. The third kappa shape index (κ3) is 9.30. The molecule has 0 aromatic heterocycles. The standard InChI is InChI=1S/C19H31N3O3S.C2HF3O2/c1-4-5-6-11-22(15-19(23)21-12-9-20-10-13-21)26(24,25)18-8-7-16(2)17(3)14-18;3-2(4,5)1(6)7/h7-8,14,20H,4-6,9-13,15H2,1-3H3;(H,6,7). The summed E-state index contributed by atoms with van der Waals surface area (Å²) in [6.45, 7) is 9.00. The van der Waals surface area contributed by atoms with Crippen LogP contribution in [-0.2, 0) is 19.6 Å². The zero-order valence-electron chi connectivity index (χ0n) is 19.1. The minimum atomic E-state index is -5.08. The van der Waals surface area contributed by atoms with E-state index in [2.05, 4.69) is 12.2 Å². The highest BCUT2D eigenvalue weighted by Crippen LogP contribution is 2.20. The Balaban J connectivity index is 0.000000675. The van der Waals surface area contributed by atoms with E-state index in [1.165, 1.54) is 4.31 Å². The van der Waals surface area contributed by atoms with Gasteiger partial charge < -0.3 is 15.3 Å². The van der Waals surface area contributed by atoms with Crippen LogP contribution in [0.15, 0.2) is 23.1 Å². The van der Waals surface area contributed by atoms with Gasteiger partial charge in [-0.05, 0) is 43.5 Å². The van der Waals surface area contributed by atoms with Crippen molar-refractivity contribution in [2.45, 2.75) is 51.1 Å². The van der Waals surface area contributed by atoms with Gasteiger partial charge in [-0.15, -0.1) is 0 Å². The van der Waals surface area contributed by atoms with Crippen LogP contribution in [-0.4, -0.2) is 80.1 Å². The van der Waals surface area contributed by atoms with Crippen molar-refractivity contribution in [3.05, 3.63) is 29.3 Å². The number of sulfonamides is 1. The number of hydrogen-bond donors (Lipinski definition) is 2. The summed E-state index contributed by atoms with van der Waals surface area (Å²) < 4.78 is 59.4. The molecule has 1 aromatic rings. The van der Waals surface area contributed by atoms with E-state index in [0.717, 1.165) is 43.5 Å². The number of piperazine rings is 1. The first kappa shape index (κ1) is 28.9. The zero-order valence-corrected chi connectivity index (χ0v) is 19.9. The topological polar surface area (TPSA) is 107 Å². The quantitative estimate of drug-likeness (QED) is 0.537. The van der Waals surface area contributed by atoms with E-state index in [1.54, 1.807) is 17.0 Å². The molecule has 12 heteroatoms. The van der Waals surface area contributed by atoms with Gasteiger partial charge in [-0.25, -0.2) is 13.2 Å². The largest absolute Gasteiger partial charge is 0.490 e. The van der Waals surface area contributed by atoms with Crippen LogP contribution in [0.4, 0.5) is 13.2 Å². The number of carboxylic acids is 1. The molecule has 2 rings (SSSR count). The Hall–Kier alpha value is -2.18. The van der Waals surface area contributed by atoms with Gasteiger partial charge in [0.1, 0.15) is 0 Å². The number of alkyl halides is 3. The number of halogens is 3. The van der Waals surface area contributed by atoms with E-state index in [0.29, 0.717) is 19.6 Å². The van der Waals surface area contributed by atoms with Crippen LogP contribution in [0.5, 0.6) is 0 Å². The van der Waals surface area contributed by atoms with Crippen LogP contribution in [0.3, 0.4) is 0 Å². The maximum absolute atomic E-state index is 13.2. The highest BCUT2D eigenvalue weighted by atomic mass is 32.2. The number of carbonyl (C=O) groups excluding carboxylic acids is 1. The van der Waals surface area contributed by atoms with Crippen LogP contribution in [0, 0.1) is 13.8 Å². The molecule has 0 aliphatic carbocycles. The van der Waals surface area contributed by atoms with E-state index >= 15 is 0 Å². The van der Waals surface area contributed by atoms with Crippen molar-refractivity contribution < 1.29 is 36.3 Å². The molecule has 1 amide bonds. The van der Waals surface area contributed by atoms with Gasteiger partial charge in [0.25, 0.3) is 0 Å². The molecule has 8 nitrogen and oxygen atoms in total. The number of carboxylic acid groups (broad SMARTS) is 1. The normalized spacial score (nSPS) is 14.6. The van der Waals surface area contributed by atoms with Crippen molar-refractivity contribution in [3.8, 4) is 0 Å². The number of nitrogens with one attached hydrogen (secondary N) is 1. The number of carbonyl (C=O) groups is 2. The summed E-state index contributed by atoms with van der Waals surface area (Å²) in [6, 6.07) is 5.16. The molecule has 1 heterocycles. The molecular formula is C21H32F3N3O5S. The molecule has 0 bridgehead atoms. The average Bonchev–Trinajstić information content (AvgIpc) is 2.75. The van der Waals surface area contributed by atoms with Crippen molar-refractivity contribution >= 4 is 21.9 Å². The van der Waals surface area contributed by atoms with Gasteiger partial charge in [0.2, 0.25) is 15.9 Å². The molecule has 1 aromatic carbocycles. The molecule has 1 aliphatic heterocycles. The van der Waals surface area contributed by atoms with E-state index < -0.39 is 22.2 Å². The average molecular weight is 496 g/mol. The van der Waals surface area contributed by atoms with Crippen LogP contribution in [0.25, 0.3) is 0 Å². The molecular weight excluding hydrogens is 463 g/mol. The predicted molar refractivity (Wildman–Crippen MR) is 117 cm³/mol. The van der Waals surface area contributed by atoms with Crippen molar-refractivity contribution in [1.82, 2.24) is 14.5 Å². The maximum atomic E-state index is 13.2. The molecule has 33 heavy (non-hydrogen) atoms. The van der Waals surface area contributed by atoms with E-state index in [-0.39, 0.29) is 17.3 Å². The first-order chi connectivity index (χ1) is 15.3. The number of rotatable bonds is 8. The lowest BCUT2D eigenvalue weighted by molar-refractivity contribution is -0.192. The fraction of sp³-hybridized carbons (Fsp3) is 0.619. The molecule has 1 saturated heterocycles. The number of aliphatic carboxylic acids is 1. The summed E-state index contributed by atoms with van der Waals surface area (Å²) in [6.07, 6.45) is -2.38. The Labute approximate surface area is 192 Å². The monoisotopic (exact) mass is 495 g/mol. The Morgan fingerprint density at radius 2 is 1.70 bits per heavy atom. The summed E-state index contributed by atoms with van der Waals surface area (Å²) in [7, 11) is -3.68. The van der Waals surface area contributed by atoms with E-state index in [1.807, 2.05) is 19.9 Å². The SMILES string of the molecule is CCCCCN(CC(=O)N1CCNCC1)S(=O)(=O)c1ccc(C)c(C)c1.O=C(O)C(F)(F)F. The second-order valence-electron chi connectivity index (χ2n) is 7.73. The van der Waals surface area contributed by atoms with Crippen LogP contribution < -0.4 is 5.32 Å². The second kappa shape index (κ2) is 12.9. The minimum absolute atomic E-state index is 0.0844. The van der Waals surface area contributed by atoms with Crippen molar-refractivity contribution in [2.75, 3.05) is 39.3 Å². The number of amides is 1. The Kier molecular flexibility index (Phi) is 11.3. The first-order valence-electron chi connectivity index (χ1n) is 10.7. The lowest BCUT2D eigenvalue weighted by atomic mass is 10.1. The van der Waals surface area contributed by atoms with Gasteiger partial charge in [0.05, 0.1) is 11.4 Å². The van der Waals surface area contributed by atoms with Crippen molar-refractivity contribution in [3.63, 3.8) is 0 Å². The third-order valence-corrected chi connectivity index (χ3v) is 6.99. The van der Waals surface area contributed by atoms with Gasteiger partial charge in [-0.3, -0.25) is 4.79 Å². The molecule has 0 atom stereocenters. The highest BCUT2D eigenvalue weighted by Gasteiger charge is 2.38. The maximum Gasteiger partial charge on any atom is 0.490 e. The summed E-state index contributed by atoms with van der Waals surface area (Å²) in [4.78, 5) is 23.5. The predicted octanol–water partition coefficient (Wildman–Crippen LogP) is 2.55. The number of nitrogens with zero attached hydrogens (tertiary/aromatic N) is 2. The fourth-order valence-electron chi connectivity index (χ4n) is 3.01. The number of unbranched alkanes of at least 4 members (excludes halogenated alkanes) is 2. The van der Waals surface area contributed by atoms with Crippen LogP contribution in [0.1, 0.15) is 37.3 Å². The third-order valence-electron chi connectivity index (χ3n) is 5.15. The number of hydrogen-bond acceptors (Lipinski definition) is 5. The highest BCUT2D eigenvalue weighted by molar-refractivity contribution is 7.89. The molecule has 1 aliphatic rings. The van der Waals surface area contributed by atoms with Crippen molar-refractivity contribution in [1.29, 1.82) is 0 Å². The minimum Gasteiger partial charge on any atom is -0.475 e. The summed E-state index contributed by atoms with van der Waals surface area (Å²) >= 11 is 0. The van der Waals surface area contributed by atoms with Crippen LogP contribution >= 0.6 is 0 Å². The van der Waals surface area contributed by atoms with Gasteiger partial charge in [-0.1, -0.05) is 25.8 Å². The Bertz CT molecular complexity index is 901. The smallest absolute Gasteiger partial charge is 0.475 e. The van der Waals surface area contributed by atoms with Gasteiger partial charge >= 0.3 is 12.1 Å². The van der Waals surface area contributed by atoms with Crippen molar-refractivity contribution in [2.24, 2.45) is 0 Å². The zero-order chi connectivity index (χ0) is 25.2. The van der Waals surface area contributed by atoms with E-state index in [9.17, 15) is 26.4 Å². The summed E-state index contributed by atoms with van der Waals surface area (Å²) in [5, 5.41) is 10.3. The lowest BCUT2D eigenvalue weighted by Gasteiger charge is -2.30. The number of benzene rings is 1. The number of aryl methyl sites for hydroxylation is 2. The molecule has 0 spiro atoms. The van der Waals surface area contributed by atoms with Gasteiger partial charge in [0.15, 0.2) is 0 Å². The van der Waals surface area contributed by atoms with Crippen LogP contribution in [0.2, 0.25) is 0 Å². The van der Waals surface area contributed by atoms with E-state index in [4.69, 9.17) is 9.90 Å².